The zero-order valence-corrected chi connectivity index (χ0v) is 9.24. The summed E-state index contributed by atoms with van der Waals surface area (Å²) in [7, 11) is 0. The highest BCUT2D eigenvalue weighted by Crippen LogP contribution is 2.30. The third kappa shape index (κ3) is 4.10. The molecular formula is C8H9F3N4OS. The molecule has 1 aromatic heterocycles. The number of oxime groups is 1. The van der Waals surface area contributed by atoms with Crippen molar-refractivity contribution >= 4 is 17.6 Å². The van der Waals surface area contributed by atoms with Crippen LogP contribution in [-0.2, 0) is 0 Å². The van der Waals surface area contributed by atoms with Crippen LogP contribution in [0.5, 0.6) is 0 Å². The average molecular weight is 266 g/mol. The molecule has 1 heterocycles. The number of hydrogen-bond acceptors (Lipinski definition) is 5. The first kappa shape index (κ1) is 13.6. The second kappa shape index (κ2) is 5.71. The van der Waals surface area contributed by atoms with Crippen LogP contribution in [-0.4, -0.2) is 32.9 Å². The first-order chi connectivity index (χ1) is 7.95. The molecule has 0 bridgehead atoms. The van der Waals surface area contributed by atoms with Crippen LogP contribution in [0.2, 0.25) is 0 Å². The first-order valence-corrected chi connectivity index (χ1v) is 5.37. The summed E-state index contributed by atoms with van der Waals surface area (Å²) in [5.41, 5.74) is 4.99. The van der Waals surface area contributed by atoms with Crippen LogP contribution in [0.3, 0.4) is 0 Å². The van der Waals surface area contributed by atoms with E-state index in [0.29, 0.717) is 0 Å². The van der Waals surface area contributed by atoms with Crippen LogP contribution in [0.4, 0.5) is 13.2 Å². The minimum absolute atomic E-state index is 0.201. The predicted octanol–water partition coefficient (Wildman–Crippen LogP) is 1.49. The largest absolute Gasteiger partial charge is 0.409 e. The number of nitrogens with two attached hydrogens (primary N) is 1. The van der Waals surface area contributed by atoms with Crippen molar-refractivity contribution in [3.63, 3.8) is 0 Å². The van der Waals surface area contributed by atoms with E-state index in [1.807, 2.05) is 0 Å². The fourth-order valence-corrected chi connectivity index (χ4v) is 1.88. The summed E-state index contributed by atoms with van der Waals surface area (Å²) in [5, 5.41) is 10.9. The van der Waals surface area contributed by atoms with Gasteiger partial charge in [0.05, 0.1) is 0 Å². The van der Waals surface area contributed by atoms with Crippen LogP contribution < -0.4 is 5.73 Å². The standard InChI is InChI=1S/C8H9F3N4OS/c9-8(10,11)5(6(12)15-16)4-17-7-13-2-1-3-14-7/h1-3,5,16H,4H2,(H2,12,15). The quantitative estimate of drug-likeness (QED) is 0.215. The van der Waals surface area contributed by atoms with Crippen molar-refractivity contribution in [2.45, 2.75) is 11.3 Å². The van der Waals surface area contributed by atoms with E-state index in [1.165, 1.54) is 12.4 Å². The maximum Gasteiger partial charge on any atom is 0.399 e. The summed E-state index contributed by atoms with van der Waals surface area (Å²) in [6, 6.07) is 1.55. The monoisotopic (exact) mass is 266 g/mol. The Kier molecular flexibility index (Phi) is 4.55. The van der Waals surface area contributed by atoms with E-state index in [0.717, 1.165) is 11.8 Å². The Balaban J connectivity index is 2.69. The number of aromatic nitrogens is 2. The number of alkyl halides is 3. The fourth-order valence-electron chi connectivity index (χ4n) is 0.935. The van der Waals surface area contributed by atoms with E-state index in [4.69, 9.17) is 10.9 Å². The van der Waals surface area contributed by atoms with Gasteiger partial charge >= 0.3 is 6.18 Å². The molecule has 5 nitrogen and oxygen atoms in total. The van der Waals surface area contributed by atoms with Gasteiger partial charge in [-0.15, -0.1) is 0 Å². The van der Waals surface area contributed by atoms with Crippen LogP contribution >= 0.6 is 11.8 Å². The van der Waals surface area contributed by atoms with Crippen molar-refractivity contribution in [2.24, 2.45) is 16.8 Å². The van der Waals surface area contributed by atoms with Crippen molar-refractivity contribution in [2.75, 3.05) is 5.75 Å². The van der Waals surface area contributed by atoms with Crippen molar-refractivity contribution in [1.82, 2.24) is 9.97 Å². The Morgan fingerprint density at radius 3 is 2.53 bits per heavy atom. The summed E-state index contributed by atoms with van der Waals surface area (Å²) in [4.78, 5) is 7.52. The van der Waals surface area contributed by atoms with Gasteiger partial charge in [-0.25, -0.2) is 9.97 Å². The maximum atomic E-state index is 12.5. The molecule has 0 aliphatic rings. The van der Waals surface area contributed by atoms with E-state index in [2.05, 4.69) is 15.1 Å². The molecule has 0 spiro atoms. The summed E-state index contributed by atoms with van der Waals surface area (Å²) in [6.07, 6.45) is -1.74. The lowest BCUT2D eigenvalue weighted by atomic mass is 10.1. The fraction of sp³-hybridized carbons (Fsp3) is 0.375. The Morgan fingerprint density at radius 1 is 1.47 bits per heavy atom. The molecule has 17 heavy (non-hydrogen) atoms. The van der Waals surface area contributed by atoms with E-state index in [9.17, 15) is 13.2 Å². The topological polar surface area (TPSA) is 84.4 Å². The molecule has 1 unspecified atom stereocenters. The minimum Gasteiger partial charge on any atom is -0.409 e. The van der Waals surface area contributed by atoms with Crippen molar-refractivity contribution in [3.8, 4) is 0 Å². The van der Waals surface area contributed by atoms with E-state index in [1.54, 1.807) is 6.07 Å². The summed E-state index contributed by atoms with van der Waals surface area (Å²) in [5.74, 6) is -3.34. The van der Waals surface area contributed by atoms with Gasteiger partial charge in [0.25, 0.3) is 0 Å². The molecule has 0 saturated carbocycles. The number of amidine groups is 1. The molecular weight excluding hydrogens is 257 g/mol. The highest BCUT2D eigenvalue weighted by Gasteiger charge is 2.42. The second-order valence-electron chi connectivity index (χ2n) is 2.96. The molecule has 0 fully saturated rings. The number of hydrogen-bond donors (Lipinski definition) is 2. The zero-order valence-electron chi connectivity index (χ0n) is 8.42. The summed E-state index contributed by atoms with van der Waals surface area (Å²) >= 11 is 0.785. The number of rotatable bonds is 4. The molecule has 9 heteroatoms. The van der Waals surface area contributed by atoms with Gasteiger partial charge in [0.1, 0.15) is 5.92 Å². The second-order valence-corrected chi connectivity index (χ2v) is 3.95. The molecule has 0 aliphatic heterocycles. The third-order valence-electron chi connectivity index (χ3n) is 1.79. The normalized spacial score (nSPS) is 14.6. The van der Waals surface area contributed by atoms with Gasteiger partial charge in [-0.2, -0.15) is 13.2 Å². The maximum absolute atomic E-state index is 12.5. The molecule has 0 saturated heterocycles. The third-order valence-corrected chi connectivity index (χ3v) is 2.76. The Morgan fingerprint density at radius 2 is 2.06 bits per heavy atom. The van der Waals surface area contributed by atoms with Crippen molar-refractivity contribution < 1.29 is 18.4 Å². The van der Waals surface area contributed by atoms with E-state index in [-0.39, 0.29) is 5.16 Å². The molecule has 0 aromatic carbocycles. The van der Waals surface area contributed by atoms with Gasteiger partial charge in [-0.05, 0) is 6.07 Å². The van der Waals surface area contributed by atoms with Crippen molar-refractivity contribution in [1.29, 1.82) is 0 Å². The zero-order chi connectivity index (χ0) is 12.9. The molecule has 94 valence electrons. The smallest absolute Gasteiger partial charge is 0.399 e. The SMILES string of the molecule is N/C(=N/O)C(CSc1ncccn1)C(F)(F)F. The minimum atomic E-state index is -4.57. The Bertz CT molecular complexity index is 384. The van der Waals surface area contributed by atoms with Gasteiger partial charge in [0, 0.05) is 18.1 Å². The lowest BCUT2D eigenvalue weighted by Crippen LogP contribution is -2.37. The van der Waals surface area contributed by atoms with Crippen LogP contribution in [0.25, 0.3) is 0 Å². The van der Waals surface area contributed by atoms with Crippen LogP contribution in [0.1, 0.15) is 0 Å². The lowest BCUT2D eigenvalue weighted by molar-refractivity contribution is -0.150. The number of halogens is 3. The van der Waals surface area contributed by atoms with Crippen molar-refractivity contribution in [3.05, 3.63) is 18.5 Å². The van der Waals surface area contributed by atoms with Crippen LogP contribution in [0, 0.1) is 5.92 Å². The molecule has 1 rings (SSSR count). The van der Waals surface area contributed by atoms with Gasteiger partial charge < -0.3 is 10.9 Å². The molecule has 1 aromatic rings. The number of nitrogens with zero attached hydrogens (tertiary/aromatic N) is 3. The summed E-state index contributed by atoms with van der Waals surface area (Å²) < 4.78 is 37.6. The summed E-state index contributed by atoms with van der Waals surface area (Å²) in [6.45, 7) is 0. The highest BCUT2D eigenvalue weighted by molar-refractivity contribution is 7.99. The highest BCUT2D eigenvalue weighted by atomic mass is 32.2. The lowest BCUT2D eigenvalue weighted by Gasteiger charge is -2.17. The van der Waals surface area contributed by atoms with Gasteiger partial charge in [0.2, 0.25) is 0 Å². The predicted molar refractivity (Wildman–Crippen MR) is 55.7 cm³/mol. The van der Waals surface area contributed by atoms with E-state index >= 15 is 0 Å². The van der Waals surface area contributed by atoms with Gasteiger partial charge in [-0.1, -0.05) is 16.9 Å². The van der Waals surface area contributed by atoms with Gasteiger partial charge in [0.15, 0.2) is 11.0 Å². The molecule has 0 radical (unpaired) electrons. The van der Waals surface area contributed by atoms with E-state index < -0.39 is 23.7 Å². The Labute approximate surface area is 98.9 Å². The van der Waals surface area contributed by atoms with Crippen LogP contribution in [0.15, 0.2) is 28.8 Å². The molecule has 1 atom stereocenters. The average Bonchev–Trinajstić information content (AvgIpc) is 2.28. The molecule has 3 N–H and O–H groups in total. The van der Waals surface area contributed by atoms with Gasteiger partial charge in [-0.3, -0.25) is 0 Å². The molecule has 0 aliphatic carbocycles. The first-order valence-electron chi connectivity index (χ1n) is 4.39. The molecule has 0 amide bonds. The number of thioether (sulfide) groups is 1. The Hall–Kier alpha value is -1.51.